The molecule has 1 heterocycles. The molecule has 1 aromatic carbocycles. The van der Waals surface area contributed by atoms with Crippen molar-refractivity contribution in [1.82, 2.24) is 0 Å². The number of ether oxygens (including phenoxy) is 1. The number of hydrogen-bond donors (Lipinski definition) is 1. The Morgan fingerprint density at radius 3 is 2.87 bits per heavy atom. The first kappa shape index (κ1) is 10.4. The summed E-state index contributed by atoms with van der Waals surface area (Å²) in [6.07, 6.45) is 0. The number of thiophene rings is 1. The third-order valence-corrected chi connectivity index (χ3v) is 3.64. The van der Waals surface area contributed by atoms with Gasteiger partial charge in [-0.3, -0.25) is 0 Å². The van der Waals surface area contributed by atoms with Gasteiger partial charge in [0.25, 0.3) is 0 Å². The number of carboxylic acid groups (broad SMARTS) is 1. The van der Waals surface area contributed by atoms with Crippen molar-refractivity contribution < 1.29 is 14.6 Å². The monoisotopic (exact) mass is 286 g/mol. The number of hydrogen-bond acceptors (Lipinski definition) is 3. The number of halogens is 1. The third kappa shape index (κ3) is 1.72. The van der Waals surface area contributed by atoms with Crippen molar-refractivity contribution >= 4 is 43.3 Å². The van der Waals surface area contributed by atoms with Crippen molar-refractivity contribution in [3.8, 4) is 5.75 Å². The van der Waals surface area contributed by atoms with Crippen molar-refractivity contribution in [3.05, 3.63) is 27.5 Å². The lowest BCUT2D eigenvalue weighted by molar-refractivity contribution is 0.0699. The van der Waals surface area contributed by atoms with Gasteiger partial charge in [0.15, 0.2) is 10.6 Å². The minimum atomic E-state index is -0.954. The van der Waals surface area contributed by atoms with E-state index in [-0.39, 0.29) is 4.88 Å². The summed E-state index contributed by atoms with van der Waals surface area (Å²) in [5.74, 6) is -0.520. The average molecular weight is 287 g/mol. The van der Waals surface area contributed by atoms with Gasteiger partial charge < -0.3 is 9.84 Å². The van der Waals surface area contributed by atoms with E-state index in [0.29, 0.717) is 5.75 Å². The van der Waals surface area contributed by atoms with Crippen molar-refractivity contribution in [2.45, 2.75) is 0 Å². The molecule has 15 heavy (non-hydrogen) atoms. The fourth-order valence-electron chi connectivity index (χ4n) is 1.39. The summed E-state index contributed by atoms with van der Waals surface area (Å²) in [6, 6.07) is 5.61. The van der Waals surface area contributed by atoms with Crippen LogP contribution >= 0.6 is 27.3 Å². The summed E-state index contributed by atoms with van der Waals surface area (Å²) in [5, 5.41) is 9.81. The highest BCUT2D eigenvalue weighted by atomic mass is 79.9. The second kappa shape index (κ2) is 3.83. The van der Waals surface area contributed by atoms with Gasteiger partial charge in [-0.2, -0.15) is 0 Å². The molecular formula is C10H7BrO3S. The van der Waals surface area contributed by atoms with E-state index in [1.165, 1.54) is 18.4 Å². The van der Waals surface area contributed by atoms with Gasteiger partial charge in [0.2, 0.25) is 0 Å². The molecular weight excluding hydrogens is 280 g/mol. The minimum absolute atomic E-state index is 0.241. The van der Waals surface area contributed by atoms with E-state index in [4.69, 9.17) is 9.84 Å². The second-order valence-electron chi connectivity index (χ2n) is 2.91. The summed E-state index contributed by atoms with van der Waals surface area (Å²) in [7, 11) is 1.48. The summed E-state index contributed by atoms with van der Waals surface area (Å²) in [6.45, 7) is 0. The maximum Gasteiger partial charge on any atom is 0.349 e. The number of aromatic carboxylic acids is 1. The van der Waals surface area contributed by atoms with Gasteiger partial charge in [-0.1, -0.05) is 15.9 Å². The average Bonchev–Trinajstić information content (AvgIpc) is 2.55. The Kier molecular flexibility index (Phi) is 2.67. The van der Waals surface area contributed by atoms with Crippen LogP contribution in [0.15, 0.2) is 22.7 Å². The van der Waals surface area contributed by atoms with Crippen molar-refractivity contribution in [1.29, 1.82) is 0 Å². The Hall–Kier alpha value is -1.07. The van der Waals surface area contributed by atoms with Gasteiger partial charge in [-0.15, -0.1) is 11.3 Å². The maximum atomic E-state index is 11.0. The van der Waals surface area contributed by atoms with E-state index in [1.807, 2.05) is 18.2 Å². The first-order valence-corrected chi connectivity index (χ1v) is 5.73. The highest BCUT2D eigenvalue weighted by molar-refractivity contribution is 9.10. The van der Waals surface area contributed by atoms with Crippen LogP contribution in [0.1, 0.15) is 9.67 Å². The number of rotatable bonds is 2. The first-order chi connectivity index (χ1) is 7.13. The summed E-state index contributed by atoms with van der Waals surface area (Å²) < 4.78 is 6.94. The highest BCUT2D eigenvalue weighted by Gasteiger charge is 2.18. The van der Waals surface area contributed by atoms with E-state index >= 15 is 0 Å². The zero-order valence-electron chi connectivity index (χ0n) is 7.78. The second-order valence-corrected chi connectivity index (χ2v) is 4.88. The molecule has 1 N–H and O–H groups in total. The smallest absolute Gasteiger partial charge is 0.349 e. The lowest BCUT2D eigenvalue weighted by Gasteiger charge is -1.98. The number of carbonyl (C=O) groups is 1. The molecule has 0 saturated heterocycles. The molecule has 0 atom stereocenters. The van der Waals surface area contributed by atoms with Crippen molar-refractivity contribution in [2.75, 3.05) is 7.11 Å². The zero-order chi connectivity index (χ0) is 11.0. The molecule has 0 unspecified atom stereocenters. The molecule has 3 nitrogen and oxygen atoms in total. The summed E-state index contributed by atoms with van der Waals surface area (Å²) in [4.78, 5) is 11.2. The third-order valence-electron chi connectivity index (χ3n) is 2.00. The van der Waals surface area contributed by atoms with Crippen LogP contribution in [0.2, 0.25) is 0 Å². The van der Waals surface area contributed by atoms with Crippen LogP contribution in [0.4, 0.5) is 0 Å². The molecule has 0 aliphatic heterocycles. The van der Waals surface area contributed by atoms with Gasteiger partial charge in [0.05, 0.1) is 7.11 Å². The molecule has 2 aromatic rings. The van der Waals surface area contributed by atoms with Crippen LogP contribution < -0.4 is 4.74 Å². The molecule has 1 aromatic heterocycles. The van der Waals surface area contributed by atoms with Crippen LogP contribution in [0.25, 0.3) is 10.1 Å². The molecule has 2 rings (SSSR count). The van der Waals surface area contributed by atoms with Crippen LogP contribution in [-0.2, 0) is 0 Å². The summed E-state index contributed by atoms with van der Waals surface area (Å²) in [5.41, 5.74) is 0. The zero-order valence-corrected chi connectivity index (χ0v) is 10.2. The molecule has 0 aliphatic rings. The molecule has 78 valence electrons. The molecule has 5 heteroatoms. The van der Waals surface area contributed by atoms with Crippen LogP contribution in [0, 0.1) is 0 Å². The number of methoxy groups -OCH3 is 1. The fraction of sp³-hybridized carbons (Fsp3) is 0.100. The van der Waals surface area contributed by atoms with Crippen LogP contribution in [-0.4, -0.2) is 18.2 Å². The highest BCUT2D eigenvalue weighted by Crippen LogP contribution is 2.38. The lowest BCUT2D eigenvalue weighted by Crippen LogP contribution is -1.95. The number of fused-ring (bicyclic) bond motifs is 1. The van der Waals surface area contributed by atoms with Crippen LogP contribution in [0.5, 0.6) is 5.75 Å². The maximum absolute atomic E-state index is 11.0. The Labute approximate surface area is 98.4 Å². The Balaban J connectivity index is 2.79. The van der Waals surface area contributed by atoms with Gasteiger partial charge >= 0.3 is 5.97 Å². The van der Waals surface area contributed by atoms with E-state index < -0.39 is 5.97 Å². The van der Waals surface area contributed by atoms with Crippen LogP contribution in [0.3, 0.4) is 0 Å². The number of carboxylic acids is 1. The first-order valence-electron chi connectivity index (χ1n) is 4.13. The minimum Gasteiger partial charge on any atom is -0.494 e. The molecule has 0 bridgehead atoms. The van der Waals surface area contributed by atoms with E-state index in [9.17, 15) is 4.79 Å². The van der Waals surface area contributed by atoms with Gasteiger partial charge in [0.1, 0.15) is 0 Å². The normalized spacial score (nSPS) is 10.5. The molecule has 0 fully saturated rings. The van der Waals surface area contributed by atoms with Crippen molar-refractivity contribution in [2.24, 2.45) is 0 Å². The Morgan fingerprint density at radius 1 is 1.53 bits per heavy atom. The quantitative estimate of drug-likeness (QED) is 0.921. The van der Waals surface area contributed by atoms with Gasteiger partial charge in [-0.25, -0.2) is 4.79 Å². The molecule has 0 spiro atoms. The Morgan fingerprint density at radius 2 is 2.27 bits per heavy atom. The molecule has 0 saturated carbocycles. The predicted octanol–water partition coefficient (Wildman–Crippen LogP) is 3.37. The van der Waals surface area contributed by atoms with E-state index in [0.717, 1.165) is 14.6 Å². The summed E-state index contributed by atoms with van der Waals surface area (Å²) >= 11 is 4.56. The molecule has 0 aliphatic carbocycles. The molecule has 0 radical (unpaired) electrons. The molecule has 0 amide bonds. The van der Waals surface area contributed by atoms with Gasteiger partial charge in [-0.05, 0) is 18.2 Å². The SMILES string of the molecule is COc1c(C(=O)O)sc2ccc(Br)cc12. The van der Waals surface area contributed by atoms with Crippen molar-refractivity contribution in [3.63, 3.8) is 0 Å². The standard InChI is InChI=1S/C10H7BrO3S/c1-14-8-6-4-5(11)2-3-7(6)15-9(8)10(12)13/h2-4H,1H3,(H,12,13). The predicted molar refractivity (Wildman–Crippen MR) is 63.0 cm³/mol. The van der Waals surface area contributed by atoms with E-state index in [1.54, 1.807) is 0 Å². The van der Waals surface area contributed by atoms with E-state index in [2.05, 4.69) is 15.9 Å². The Bertz CT molecular complexity index is 533. The topological polar surface area (TPSA) is 46.5 Å². The lowest BCUT2D eigenvalue weighted by atomic mass is 10.2. The fourth-order valence-corrected chi connectivity index (χ4v) is 2.74. The number of benzene rings is 1. The van der Waals surface area contributed by atoms with Gasteiger partial charge in [0, 0.05) is 14.6 Å². The largest absolute Gasteiger partial charge is 0.494 e.